The van der Waals surface area contributed by atoms with Gasteiger partial charge in [0, 0.05) is 66.7 Å². The van der Waals surface area contributed by atoms with E-state index in [-0.39, 0.29) is 17.5 Å². The molecule has 4 heterocycles. The van der Waals surface area contributed by atoms with Gasteiger partial charge in [-0.2, -0.15) is 0 Å². The highest BCUT2D eigenvalue weighted by Gasteiger charge is 2.45. The minimum atomic E-state index is -0.196. The van der Waals surface area contributed by atoms with Crippen LogP contribution in [-0.4, -0.2) is 6.71 Å². The maximum absolute atomic E-state index is 6.78. The largest absolute Gasteiger partial charge is 0.455 e. The lowest BCUT2D eigenvalue weighted by Crippen LogP contribution is -2.61. The molecule has 5 heteroatoms. The summed E-state index contributed by atoms with van der Waals surface area (Å²) >= 11 is 0. The zero-order chi connectivity index (χ0) is 53.3. The van der Waals surface area contributed by atoms with Gasteiger partial charge in [0.2, 0.25) is 0 Å². The van der Waals surface area contributed by atoms with Gasteiger partial charge in [-0.05, 0) is 127 Å². The lowest BCUT2D eigenvalue weighted by molar-refractivity contribution is 0.590. The first-order chi connectivity index (χ1) is 38.4. The van der Waals surface area contributed by atoms with Crippen LogP contribution in [0.1, 0.15) is 52.7 Å². The van der Waals surface area contributed by atoms with E-state index in [9.17, 15) is 0 Å². The quantitative estimate of drug-likeness (QED) is 0.155. The van der Waals surface area contributed by atoms with Crippen LogP contribution in [0.4, 0.5) is 34.1 Å². The Morgan fingerprint density at radius 1 is 0.316 bits per heavy atom. The number of nitrogens with zero attached hydrogens (tertiary/aromatic N) is 2. The molecule has 2 aliphatic rings. The fourth-order valence-electron chi connectivity index (χ4n) is 12.7. The lowest BCUT2D eigenvalue weighted by Gasteiger charge is -2.46. The molecule has 0 aliphatic carbocycles. The Labute approximate surface area is 461 Å². The van der Waals surface area contributed by atoms with Gasteiger partial charge in [-0.15, -0.1) is 0 Å². The number of hydrogen-bond acceptors (Lipinski definition) is 4. The fraction of sp³-hybridized carbons (Fsp3) is 0.108. The van der Waals surface area contributed by atoms with Crippen molar-refractivity contribution in [3.05, 3.63) is 248 Å². The first kappa shape index (κ1) is 46.9. The summed E-state index contributed by atoms with van der Waals surface area (Å²) in [4.78, 5) is 5.15. The van der Waals surface area contributed by atoms with Crippen LogP contribution in [0.25, 0.3) is 88.4 Å². The third kappa shape index (κ3) is 7.51. The molecule has 4 nitrogen and oxygen atoms in total. The highest BCUT2D eigenvalue weighted by molar-refractivity contribution is 7.00. The summed E-state index contributed by atoms with van der Waals surface area (Å²) in [6.07, 6.45) is 0. The van der Waals surface area contributed by atoms with Gasteiger partial charge in [0.05, 0.1) is 5.69 Å². The molecule has 0 saturated heterocycles. The van der Waals surface area contributed by atoms with Crippen LogP contribution in [0, 0.1) is 0 Å². The van der Waals surface area contributed by atoms with Crippen molar-refractivity contribution in [1.82, 2.24) is 0 Å². The number of anilines is 6. The number of fused-ring (bicyclic) bond motifs is 10. The number of furan rings is 2. The average Bonchev–Trinajstić information content (AvgIpc) is 4.16. The molecule has 0 atom stereocenters. The number of para-hydroxylation sites is 4. The van der Waals surface area contributed by atoms with E-state index in [0.29, 0.717) is 0 Å². The second kappa shape index (κ2) is 17.6. The second-order valence-electron chi connectivity index (χ2n) is 23.7. The molecule has 0 fully saturated rings. The summed E-state index contributed by atoms with van der Waals surface area (Å²) in [6, 6.07) is 87.2. The van der Waals surface area contributed by atoms with E-state index in [1.165, 1.54) is 66.8 Å². The summed E-state index contributed by atoms with van der Waals surface area (Å²) in [6.45, 7) is 13.9. The van der Waals surface area contributed by atoms with Crippen molar-refractivity contribution in [2.45, 2.75) is 52.4 Å². The van der Waals surface area contributed by atoms with Gasteiger partial charge in [0.25, 0.3) is 6.71 Å². The zero-order valence-corrected chi connectivity index (χ0v) is 45.3. The predicted molar refractivity (Wildman–Crippen MR) is 334 cm³/mol. The van der Waals surface area contributed by atoms with Gasteiger partial charge in [0.1, 0.15) is 22.3 Å². The van der Waals surface area contributed by atoms with Crippen LogP contribution in [0.2, 0.25) is 0 Å². The molecule has 378 valence electrons. The van der Waals surface area contributed by atoms with Gasteiger partial charge in [-0.1, -0.05) is 217 Å². The number of rotatable bonds is 6. The molecule has 0 N–H and O–H groups in total. The van der Waals surface area contributed by atoms with E-state index in [4.69, 9.17) is 8.83 Å². The van der Waals surface area contributed by atoms with Gasteiger partial charge in [-0.25, -0.2) is 0 Å². The maximum atomic E-state index is 6.78. The van der Waals surface area contributed by atoms with E-state index in [1.807, 2.05) is 6.07 Å². The fourth-order valence-corrected chi connectivity index (χ4v) is 12.7. The average molecular weight is 1020 g/mol. The third-order valence-corrected chi connectivity index (χ3v) is 16.8. The molecule has 2 aliphatic heterocycles. The summed E-state index contributed by atoms with van der Waals surface area (Å²) in [5.74, 6) is 0. The molecule has 13 aromatic rings. The van der Waals surface area contributed by atoms with E-state index in [2.05, 4.69) is 282 Å². The van der Waals surface area contributed by atoms with Crippen molar-refractivity contribution in [2.75, 3.05) is 9.80 Å². The van der Waals surface area contributed by atoms with Crippen molar-refractivity contribution >= 4 is 101 Å². The van der Waals surface area contributed by atoms with Crippen LogP contribution in [0.5, 0.6) is 0 Å². The van der Waals surface area contributed by atoms with Crippen LogP contribution in [0.3, 0.4) is 0 Å². The van der Waals surface area contributed by atoms with Crippen LogP contribution in [0.15, 0.2) is 245 Å². The van der Waals surface area contributed by atoms with E-state index >= 15 is 0 Å². The Balaban J connectivity index is 1.02. The first-order valence-electron chi connectivity index (χ1n) is 27.7. The zero-order valence-electron chi connectivity index (χ0n) is 45.3. The molecule has 0 spiro atoms. The van der Waals surface area contributed by atoms with Gasteiger partial charge < -0.3 is 18.6 Å². The highest BCUT2D eigenvalue weighted by Crippen LogP contribution is 2.50. The Bertz CT molecular complexity index is 4570. The standard InChI is InChI=1S/C74H57BN2O2/c1-73(2,3)51-35-40-65-62(43-51)75-61-42-50(55-26-18-28-59-57-24-14-16-30-69(57)79-72(55)59)34-39-64(61)76(53-36-31-48(32-37-53)54-25-17-27-58-56-23-13-15-29-68(56)78-71(54)58)66-44-52(74(4,5)6)45-67(70(66)75)77(65)63-38-33-49(46-19-9-7-10-20-46)41-60(63)47-21-11-8-12-22-47/h7-45H,1-6H3. The van der Waals surface area contributed by atoms with Crippen molar-refractivity contribution in [1.29, 1.82) is 0 Å². The van der Waals surface area contributed by atoms with Crippen LogP contribution in [-0.2, 0) is 10.8 Å². The molecule has 0 unspecified atom stereocenters. The Hall–Kier alpha value is -9.32. The minimum absolute atomic E-state index is 0.109. The van der Waals surface area contributed by atoms with Gasteiger partial charge in [-0.3, -0.25) is 0 Å². The highest BCUT2D eigenvalue weighted by atomic mass is 16.3. The van der Waals surface area contributed by atoms with E-state index in [1.54, 1.807) is 0 Å². The van der Waals surface area contributed by atoms with Crippen molar-refractivity contribution in [3.8, 4) is 44.5 Å². The molecular weight excluding hydrogens is 960 g/mol. The summed E-state index contributed by atoms with van der Waals surface area (Å²) in [7, 11) is 0. The smallest absolute Gasteiger partial charge is 0.252 e. The topological polar surface area (TPSA) is 32.8 Å². The lowest BCUT2D eigenvalue weighted by atomic mass is 9.33. The Morgan fingerprint density at radius 3 is 1.43 bits per heavy atom. The first-order valence-corrected chi connectivity index (χ1v) is 27.7. The van der Waals surface area contributed by atoms with Crippen molar-refractivity contribution < 1.29 is 8.83 Å². The molecule has 0 radical (unpaired) electrons. The predicted octanol–water partition coefficient (Wildman–Crippen LogP) is 18.8. The molecule has 15 rings (SSSR count). The maximum Gasteiger partial charge on any atom is 0.252 e. The Morgan fingerprint density at radius 2 is 0.797 bits per heavy atom. The summed E-state index contributed by atoms with van der Waals surface area (Å²) < 4.78 is 13.4. The molecular formula is C74H57BN2O2. The molecule has 79 heavy (non-hydrogen) atoms. The second-order valence-corrected chi connectivity index (χ2v) is 23.7. The number of hydrogen-bond donors (Lipinski definition) is 0. The molecule has 2 aromatic heterocycles. The molecule has 11 aromatic carbocycles. The molecule has 0 bridgehead atoms. The summed E-state index contributed by atoms with van der Waals surface area (Å²) in [5, 5.41) is 4.49. The third-order valence-electron chi connectivity index (χ3n) is 16.8. The van der Waals surface area contributed by atoms with Gasteiger partial charge in [0.15, 0.2) is 0 Å². The SMILES string of the molecule is CC(C)(C)c1ccc2c(c1)B1c3cc(-c4cccc5c4oc4ccccc45)ccc3N(c3ccc(-c4cccc5c4oc4ccccc45)cc3)c3cc(C(C)(C)C)cc(c31)N2c1ccc(-c2ccccc2)cc1-c1ccccc1. The minimum Gasteiger partial charge on any atom is -0.455 e. The van der Waals surface area contributed by atoms with Crippen LogP contribution >= 0.6 is 0 Å². The van der Waals surface area contributed by atoms with Crippen molar-refractivity contribution in [2.24, 2.45) is 0 Å². The molecule has 0 saturated carbocycles. The number of benzene rings is 11. The molecule has 0 amide bonds. The van der Waals surface area contributed by atoms with Crippen molar-refractivity contribution in [3.63, 3.8) is 0 Å². The van der Waals surface area contributed by atoms with E-state index < -0.39 is 0 Å². The van der Waals surface area contributed by atoms with E-state index in [0.717, 1.165) is 83.2 Å². The van der Waals surface area contributed by atoms with Gasteiger partial charge >= 0.3 is 0 Å². The van der Waals surface area contributed by atoms with Crippen LogP contribution < -0.4 is 26.2 Å². The summed E-state index contributed by atoms with van der Waals surface area (Å²) in [5.41, 5.74) is 25.6. The normalized spacial score (nSPS) is 13.1. The monoisotopic (exact) mass is 1020 g/mol. The Kier molecular flexibility index (Phi) is 10.5.